The van der Waals surface area contributed by atoms with Gasteiger partial charge in [0.15, 0.2) is 11.4 Å². The fourth-order valence-corrected chi connectivity index (χ4v) is 2.91. The summed E-state index contributed by atoms with van der Waals surface area (Å²) in [5, 5.41) is 14.5. The summed E-state index contributed by atoms with van der Waals surface area (Å²) in [6.07, 6.45) is 3.58. The molecule has 2 aromatic rings. The van der Waals surface area contributed by atoms with Gasteiger partial charge in [-0.25, -0.2) is 5.43 Å². The first kappa shape index (κ1) is 14.9. The Hall–Kier alpha value is -3.03. The van der Waals surface area contributed by atoms with Crippen LogP contribution in [0.25, 0.3) is 11.9 Å². The van der Waals surface area contributed by atoms with Crippen molar-refractivity contribution in [3.8, 4) is 0 Å². The first-order valence-corrected chi connectivity index (χ1v) is 6.95. The van der Waals surface area contributed by atoms with E-state index in [-0.39, 0.29) is 16.9 Å². The van der Waals surface area contributed by atoms with Gasteiger partial charge in [-0.2, -0.15) is 5.01 Å². The number of aromatic nitrogens is 1. The summed E-state index contributed by atoms with van der Waals surface area (Å²) in [7, 11) is 1.91. The summed E-state index contributed by atoms with van der Waals surface area (Å²) in [5.74, 6) is 0.148. The number of rotatable bonds is 1. The SMILES string of the molecule is CN1C=c2ccccc2=C2[NH2+]N(c3ccc(=O)[nH]c3)C(O)=C21.[OH-]. The summed E-state index contributed by atoms with van der Waals surface area (Å²) >= 11 is 0. The molecular weight excluding hydrogens is 296 g/mol. The van der Waals surface area contributed by atoms with Crippen molar-refractivity contribution in [1.29, 1.82) is 0 Å². The highest BCUT2D eigenvalue weighted by Crippen LogP contribution is 2.24. The molecule has 3 heterocycles. The molecule has 7 nitrogen and oxygen atoms in total. The summed E-state index contributed by atoms with van der Waals surface area (Å²) in [6, 6.07) is 11.2. The van der Waals surface area contributed by atoms with Crippen LogP contribution in [0.4, 0.5) is 5.69 Å². The second kappa shape index (κ2) is 5.31. The normalized spacial score (nSPS) is 15.8. The van der Waals surface area contributed by atoms with Crippen molar-refractivity contribution in [2.24, 2.45) is 0 Å². The highest BCUT2D eigenvalue weighted by atomic mass is 16.3. The molecule has 0 bridgehead atoms. The molecule has 1 aromatic heterocycles. The van der Waals surface area contributed by atoms with E-state index in [9.17, 15) is 9.90 Å². The molecule has 5 N–H and O–H groups in total. The van der Waals surface area contributed by atoms with Gasteiger partial charge in [-0.3, -0.25) is 4.79 Å². The molecule has 0 aliphatic carbocycles. The van der Waals surface area contributed by atoms with E-state index in [1.165, 1.54) is 6.07 Å². The summed E-state index contributed by atoms with van der Waals surface area (Å²) in [5.41, 5.74) is 4.14. The lowest BCUT2D eigenvalue weighted by Crippen LogP contribution is -2.90. The first-order chi connectivity index (χ1) is 10.6. The number of hydrogen-bond donors (Lipinski definition) is 3. The van der Waals surface area contributed by atoms with Crippen molar-refractivity contribution < 1.29 is 16.0 Å². The van der Waals surface area contributed by atoms with Gasteiger partial charge in [-0.05, 0) is 12.1 Å². The zero-order valence-corrected chi connectivity index (χ0v) is 12.4. The molecule has 0 amide bonds. The Morgan fingerprint density at radius 2 is 1.96 bits per heavy atom. The van der Waals surface area contributed by atoms with Crippen LogP contribution in [0.15, 0.2) is 59.0 Å². The molecule has 0 atom stereocenters. The van der Waals surface area contributed by atoms with Gasteiger partial charge in [-0.1, -0.05) is 18.2 Å². The van der Waals surface area contributed by atoms with E-state index in [1.807, 2.05) is 47.8 Å². The lowest BCUT2D eigenvalue weighted by Gasteiger charge is -2.16. The second-order valence-electron chi connectivity index (χ2n) is 5.32. The minimum absolute atomic E-state index is 0. The summed E-state index contributed by atoms with van der Waals surface area (Å²) in [4.78, 5) is 15.7. The molecule has 0 radical (unpaired) electrons. The number of pyridine rings is 1. The molecule has 0 saturated heterocycles. The Bertz CT molecular complexity index is 957. The summed E-state index contributed by atoms with van der Waals surface area (Å²) < 4.78 is 0. The number of aliphatic hydroxyl groups is 1. The molecule has 0 spiro atoms. The highest BCUT2D eigenvalue weighted by Gasteiger charge is 2.36. The fourth-order valence-electron chi connectivity index (χ4n) is 2.91. The van der Waals surface area contributed by atoms with E-state index in [0.717, 1.165) is 21.8 Å². The average Bonchev–Trinajstić information content (AvgIpc) is 2.87. The molecule has 0 fully saturated rings. The number of H-pyrrole nitrogens is 1. The maximum atomic E-state index is 11.2. The predicted octanol–water partition coefficient (Wildman–Crippen LogP) is -1.28. The van der Waals surface area contributed by atoms with Crippen LogP contribution >= 0.6 is 0 Å². The van der Waals surface area contributed by atoms with Crippen LogP contribution in [0.3, 0.4) is 0 Å². The van der Waals surface area contributed by atoms with Crippen molar-refractivity contribution in [2.45, 2.75) is 0 Å². The molecule has 7 heteroatoms. The molecular formula is C16H16N4O3. The number of fused-ring (bicyclic) bond motifs is 2. The van der Waals surface area contributed by atoms with Gasteiger partial charge in [0.05, 0.1) is 0 Å². The van der Waals surface area contributed by atoms with Gasteiger partial charge in [0.2, 0.25) is 5.56 Å². The largest absolute Gasteiger partial charge is 0.870 e. The van der Waals surface area contributed by atoms with Gasteiger partial charge in [0.25, 0.3) is 5.88 Å². The third-order valence-corrected chi connectivity index (χ3v) is 3.94. The molecule has 0 unspecified atom stereocenters. The number of anilines is 1. The number of aromatic amines is 1. The molecule has 0 saturated carbocycles. The molecule has 2 aliphatic rings. The standard InChI is InChI=1S/C16H14N4O2.H2O/c1-19-9-10-4-2-3-5-12(10)14-15(19)16(22)20(18-14)11-6-7-13(21)17-8-11;/h2-9,18,22H,1H3,(H,17,21);1H2. The van der Waals surface area contributed by atoms with Gasteiger partial charge < -0.3 is 20.5 Å². The van der Waals surface area contributed by atoms with Crippen molar-refractivity contribution in [1.82, 2.24) is 9.88 Å². The fraction of sp³-hybridized carbons (Fsp3) is 0.0625. The number of nitrogens with zero attached hydrogens (tertiary/aromatic N) is 2. The van der Waals surface area contributed by atoms with Gasteiger partial charge >= 0.3 is 0 Å². The lowest BCUT2D eigenvalue weighted by atomic mass is 10.1. The van der Waals surface area contributed by atoms with Crippen LogP contribution in [-0.4, -0.2) is 27.5 Å². The highest BCUT2D eigenvalue weighted by molar-refractivity contribution is 5.67. The van der Waals surface area contributed by atoms with Gasteiger partial charge in [0, 0.05) is 35.9 Å². The Balaban J connectivity index is 0.00000156. The van der Waals surface area contributed by atoms with Crippen LogP contribution < -0.4 is 26.4 Å². The van der Waals surface area contributed by atoms with Crippen molar-refractivity contribution in [3.63, 3.8) is 0 Å². The number of benzene rings is 1. The number of aliphatic hydroxyl groups excluding tert-OH is 1. The quantitative estimate of drug-likeness (QED) is 0.569. The van der Waals surface area contributed by atoms with Crippen LogP contribution in [0, 0.1) is 0 Å². The van der Waals surface area contributed by atoms with Crippen LogP contribution in [0.2, 0.25) is 0 Å². The number of quaternary nitrogens is 1. The van der Waals surface area contributed by atoms with Crippen molar-refractivity contribution in [3.05, 3.63) is 75.0 Å². The zero-order chi connectivity index (χ0) is 15.3. The van der Waals surface area contributed by atoms with Gasteiger partial charge in [-0.15, -0.1) is 0 Å². The van der Waals surface area contributed by atoms with Crippen LogP contribution in [-0.2, 0) is 0 Å². The molecule has 2 aliphatic heterocycles. The lowest BCUT2D eigenvalue weighted by molar-refractivity contribution is -0.568. The Morgan fingerprint density at radius 1 is 1.17 bits per heavy atom. The topological polar surface area (TPSA) is 106 Å². The van der Waals surface area contributed by atoms with E-state index in [0.29, 0.717) is 5.69 Å². The molecule has 4 rings (SSSR count). The molecule has 23 heavy (non-hydrogen) atoms. The summed E-state index contributed by atoms with van der Waals surface area (Å²) in [6.45, 7) is 0. The van der Waals surface area contributed by atoms with E-state index in [1.54, 1.807) is 17.3 Å². The number of nitrogens with two attached hydrogens (primary N) is 1. The van der Waals surface area contributed by atoms with Crippen LogP contribution in [0.5, 0.6) is 0 Å². The molecule has 118 valence electrons. The minimum Gasteiger partial charge on any atom is -0.870 e. The monoisotopic (exact) mass is 312 g/mol. The van der Waals surface area contributed by atoms with Gasteiger partial charge in [0.1, 0.15) is 5.69 Å². The van der Waals surface area contributed by atoms with E-state index < -0.39 is 0 Å². The third kappa shape index (κ3) is 2.19. The maximum absolute atomic E-state index is 11.2. The smallest absolute Gasteiger partial charge is 0.270 e. The maximum Gasteiger partial charge on any atom is 0.270 e. The average molecular weight is 312 g/mol. The number of likely N-dealkylation sites (N-methyl/N-ethyl adjacent to an activating group) is 1. The van der Waals surface area contributed by atoms with Crippen LogP contribution in [0.1, 0.15) is 0 Å². The van der Waals surface area contributed by atoms with E-state index >= 15 is 0 Å². The number of nitrogens with one attached hydrogen (secondary N) is 1. The second-order valence-corrected chi connectivity index (χ2v) is 5.32. The third-order valence-electron chi connectivity index (χ3n) is 3.94. The predicted molar refractivity (Wildman–Crippen MR) is 84.4 cm³/mol. The van der Waals surface area contributed by atoms with Crippen molar-refractivity contribution >= 4 is 17.6 Å². The number of hydrogen-bond acceptors (Lipinski definition) is 5. The minimum atomic E-state index is -0.170. The Morgan fingerprint density at radius 3 is 2.70 bits per heavy atom. The van der Waals surface area contributed by atoms with Crippen molar-refractivity contribution in [2.75, 3.05) is 12.1 Å². The Kier molecular flexibility index (Phi) is 3.44. The first-order valence-electron chi connectivity index (χ1n) is 6.95. The van der Waals surface area contributed by atoms with E-state index in [2.05, 4.69) is 4.98 Å². The Labute approximate surface area is 131 Å². The molecule has 1 aromatic carbocycles. The zero-order valence-electron chi connectivity index (χ0n) is 12.4. The van der Waals surface area contributed by atoms with E-state index in [4.69, 9.17) is 0 Å².